The van der Waals surface area contributed by atoms with Crippen molar-refractivity contribution in [1.29, 1.82) is 0 Å². The summed E-state index contributed by atoms with van der Waals surface area (Å²) >= 11 is 2.94. The van der Waals surface area contributed by atoms with Gasteiger partial charge in [-0.3, -0.25) is 9.59 Å². The van der Waals surface area contributed by atoms with Crippen molar-refractivity contribution >= 4 is 34.5 Å². The lowest BCUT2D eigenvalue weighted by atomic mass is 10.2. The maximum Gasteiger partial charge on any atom is 0.309 e. The van der Waals surface area contributed by atoms with Gasteiger partial charge in [-0.05, 0) is 35.4 Å². The van der Waals surface area contributed by atoms with E-state index in [1.54, 1.807) is 0 Å². The van der Waals surface area contributed by atoms with Crippen LogP contribution in [0.4, 0.5) is 0 Å². The third kappa shape index (κ3) is 4.38. The van der Waals surface area contributed by atoms with Crippen molar-refractivity contribution < 1.29 is 14.7 Å². The standard InChI is InChI=1S/C14H16N2O3S2/c1-9-4-6-21-12(9)11(17)8-16-14(19)13(18)15-7-10-3-2-5-20-10/h2-6,11,17H,7-8H2,1H3,(H,15,18)(H,16,19). The van der Waals surface area contributed by atoms with Crippen LogP contribution in [0.2, 0.25) is 0 Å². The van der Waals surface area contributed by atoms with Gasteiger partial charge in [0, 0.05) is 16.3 Å². The second kappa shape index (κ2) is 7.35. The largest absolute Gasteiger partial charge is 0.386 e. The number of aliphatic hydroxyl groups excluding tert-OH is 1. The number of nitrogens with one attached hydrogen (secondary N) is 2. The van der Waals surface area contributed by atoms with E-state index in [4.69, 9.17) is 0 Å². The van der Waals surface area contributed by atoms with Crippen LogP contribution in [-0.4, -0.2) is 23.5 Å². The average Bonchev–Trinajstić information content (AvgIpc) is 3.12. The van der Waals surface area contributed by atoms with Crippen LogP contribution in [0.25, 0.3) is 0 Å². The molecule has 112 valence electrons. The number of carbonyl (C=O) groups is 2. The second-order valence-corrected chi connectivity index (χ2v) is 6.44. The van der Waals surface area contributed by atoms with Gasteiger partial charge in [-0.15, -0.1) is 22.7 Å². The summed E-state index contributed by atoms with van der Waals surface area (Å²) in [7, 11) is 0. The van der Waals surface area contributed by atoms with Gasteiger partial charge in [0.25, 0.3) is 0 Å². The van der Waals surface area contributed by atoms with Gasteiger partial charge in [0.1, 0.15) is 6.10 Å². The number of aryl methyl sites for hydroxylation is 1. The van der Waals surface area contributed by atoms with Gasteiger partial charge in [0.2, 0.25) is 0 Å². The van der Waals surface area contributed by atoms with Gasteiger partial charge in [0.05, 0.1) is 6.54 Å². The van der Waals surface area contributed by atoms with E-state index in [9.17, 15) is 14.7 Å². The van der Waals surface area contributed by atoms with Crippen molar-refractivity contribution in [1.82, 2.24) is 10.6 Å². The molecule has 7 heteroatoms. The minimum Gasteiger partial charge on any atom is -0.386 e. The monoisotopic (exact) mass is 324 g/mol. The molecule has 0 aliphatic rings. The van der Waals surface area contributed by atoms with Gasteiger partial charge in [-0.25, -0.2) is 0 Å². The zero-order chi connectivity index (χ0) is 15.2. The minimum absolute atomic E-state index is 0.0204. The molecule has 2 aromatic rings. The Morgan fingerprint density at radius 3 is 2.57 bits per heavy atom. The zero-order valence-electron chi connectivity index (χ0n) is 11.5. The molecule has 3 N–H and O–H groups in total. The van der Waals surface area contributed by atoms with Crippen LogP contribution >= 0.6 is 22.7 Å². The molecule has 2 amide bonds. The van der Waals surface area contributed by atoms with Crippen LogP contribution in [0.5, 0.6) is 0 Å². The summed E-state index contributed by atoms with van der Waals surface area (Å²) in [6, 6.07) is 5.66. The Hall–Kier alpha value is -1.70. The van der Waals surface area contributed by atoms with Crippen molar-refractivity contribution in [3.8, 4) is 0 Å². The Kier molecular flexibility index (Phi) is 5.49. The van der Waals surface area contributed by atoms with Gasteiger partial charge < -0.3 is 15.7 Å². The number of rotatable bonds is 5. The van der Waals surface area contributed by atoms with Crippen LogP contribution in [0, 0.1) is 6.92 Å². The number of carbonyl (C=O) groups excluding carboxylic acids is 2. The summed E-state index contributed by atoms with van der Waals surface area (Å²) in [4.78, 5) is 25.0. The highest BCUT2D eigenvalue weighted by molar-refractivity contribution is 7.10. The maximum absolute atomic E-state index is 11.6. The molecule has 0 aliphatic carbocycles. The van der Waals surface area contributed by atoms with E-state index >= 15 is 0 Å². The Balaban J connectivity index is 1.76. The smallest absolute Gasteiger partial charge is 0.309 e. The normalized spacial score (nSPS) is 11.9. The van der Waals surface area contributed by atoms with Crippen molar-refractivity contribution in [3.63, 3.8) is 0 Å². The Bertz CT molecular complexity index is 608. The molecule has 0 bridgehead atoms. The minimum atomic E-state index is -0.793. The molecule has 5 nitrogen and oxygen atoms in total. The summed E-state index contributed by atoms with van der Waals surface area (Å²) in [5, 5.41) is 18.7. The summed E-state index contributed by atoms with van der Waals surface area (Å²) in [5.74, 6) is -1.43. The number of thiophene rings is 2. The molecule has 0 aromatic carbocycles. The van der Waals surface area contributed by atoms with Crippen molar-refractivity contribution in [3.05, 3.63) is 44.3 Å². The van der Waals surface area contributed by atoms with E-state index in [1.807, 2.05) is 35.9 Å². The second-order valence-electron chi connectivity index (χ2n) is 4.46. The third-order valence-corrected chi connectivity index (χ3v) is 4.87. The predicted octanol–water partition coefficient (Wildman–Crippen LogP) is 1.58. The Morgan fingerprint density at radius 1 is 1.19 bits per heavy atom. The van der Waals surface area contributed by atoms with E-state index in [0.29, 0.717) is 6.54 Å². The molecule has 21 heavy (non-hydrogen) atoms. The molecule has 0 fully saturated rings. The highest BCUT2D eigenvalue weighted by Gasteiger charge is 2.17. The molecule has 2 rings (SSSR count). The molecule has 2 heterocycles. The summed E-state index contributed by atoms with van der Waals surface area (Å²) in [5.41, 5.74) is 0.976. The quantitative estimate of drug-likeness (QED) is 0.731. The summed E-state index contributed by atoms with van der Waals surface area (Å²) < 4.78 is 0. The molecule has 0 radical (unpaired) electrons. The van der Waals surface area contributed by atoms with E-state index in [1.165, 1.54) is 22.7 Å². The van der Waals surface area contributed by atoms with E-state index < -0.39 is 17.9 Å². The molecular formula is C14H16N2O3S2. The van der Waals surface area contributed by atoms with Gasteiger partial charge in [-0.2, -0.15) is 0 Å². The summed E-state index contributed by atoms with van der Waals surface area (Å²) in [6.07, 6.45) is -0.793. The highest BCUT2D eigenvalue weighted by atomic mass is 32.1. The van der Waals surface area contributed by atoms with E-state index in [0.717, 1.165) is 15.3 Å². The van der Waals surface area contributed by atoms with Crippen molar-refractivity contribution in [2.75, 3.05) is 6.54 Å². The lowest BCUT2D eigenvalue weighted by molar-refractivity contribution is -0.139. The van der Waals surface area contributed by atoms with Gasteiger partial charge in [0.15, 0.2) is 0 Å². The fourth-order valence-electron chi connectivity index (χ4n) is 1.75. The molecule has 0 saturated heterocycles. The van der Waals surface area contributed by atoms with Crippen LogP contribution in [-0.2, 0) is 16.1 Å². The van der Waals surface area contributed by atoms with Crippen LogP contribution in [0.3, 0.4) is 0 Å². The Labute approximate surface area is 130 Å². The zero-order valence-corrected chi connectivity index (χ0v) is 13.1. The van der Waals surface area contributed by atoms with Crippen molar-refractivity contribution in [2.24, 2.45) is 0 Å². The molecule has 0 spiro atoms. The van der Waals surface area contributed by atoms with Crippen molar-refractivity contribution in [2.45, 2.75) is 19.6 Å². The molecule has 0 saturated carbocycles. The lowest BCUT2D eigenvalue weighted by Gasteiger charge is -2.11. The number of hydrogen-bond donors (Lipinski definition) is 3. The maximum atomic E-state index is 11.6. The highest BCUT2D eigenvalue weighted by Crippen LogP contribution is 2.22. The fourth-order valence-corrected chi connectivity index (χ4v) is 3.31. The molecule has 1 atom stereocenters. The first-order valence-corrected chi connectivity index (χ1v) is 8.14. The third-order valence-electron chi connectivity index (χ3n) is 2.87. The molecular weight excluding hydrogens is 308 g/mol. The van der Waals surface area contributed by atoms with E-state index in [2.05, 4.69) is 10.6 Å². The number of amides is 2. The first-order valence-electron chi connectivity index (χ1n) is 6.38. The SMILES string of the molecule is Cc1ccsc1C(O)CNC(=O)C(=O)NCc1cccs1. The molecule has 2 aromatic heterocycles. The predicted molar refractivity (Wildman–Crippen MR) is 83.2 cm³/mol. The topological polar surface area (TPSA) is 78.4 Å². The van der Waals surface area contributed by atoms with Crippen LogP contribution < -0.4 is 10.6 Å². The first kappa shape index (κ1) is 15.7. The molecule has 0 aliphatic heterocycles. The van der Waals surface area contributed by atoms with Gasteiger partial charge >= 0.3 is 11.8 Å². The average molecular weight is 324 g/mol. The van der Waals surface area contributed by atoms with E-state index in [-0.39, 0.29) is 6.54 Å². The number of hydrogen-bond acceptors (Lipinski definition) is 5. The van der Waals surface area contributed by atoms with Gasteiger partial charge in [-0.1, -0.05) is 6.07 Å². The Morgan fingerprint density at radius 2 is 1.95 bits per heavy atom. The lowest BCUT2D eigenvalue weighted by Crippen LogP contribution is -2.41. The summed E-state index contributed by atoms with van der Waals surface area (Å²) in [6.45, 7) is 2.24. The molecule has 1 unspecified atom stereocenters. The van der Waals surface area contributed by atoms with Crippen LogP contribution in [0.1, 0.15) is 21.4 Å². The fraction of sp³-hybridized carbons (Fsp3) is 0.286. The van der Waals surface area contributed by atoms with Crippen LogP contribution in [0.15, 0.2) is 29.0 Å². The first-order chi connectivity index (χ1) is 10.1. The number of aliphatic hydroxyl groups is 1.